The van der Waals surface area contributed by atoms with Crippen LogP contribution in [0.5, 0.6) is 0 Å². The fourth-order valence-electron chi connectivity index (χ4n) is 1.82. The molecule has 1 aliphatic heterocycles. The zero-order valence-corrected chi connectivity index (χ0v) is 8.61. The van der Waals surface area contributed by atoms with Crippen molar-refractivity contribution in [2.45, 2.75) is 19.8 Å². The van der Waals surface area contributed by atoms with Crippen molar-refractivity contribution < 1.29 is 0 Å². The predicted octanol–water partition coefficient (Wildman–Crippen LogP) is 2.71. The van der Waals surface area contributed by atoms with Gasteiger partial charge in [-0.25, -0.2) is 4.98 Å². The quantitative estimate of drug-likeness (QED) is 0.709. The fraction of sp³-hybridized carbons (Fsp3) is 0.417. The standard InChI is InChI=1S/C12H16N2/c1-2-5-11-6-7-12(13-10-11)14-8-3-4-9-14/h2,5-7,10H,3-4,8-9H2,1H3/b5-2+. The summed E-state index contributed by atoms with van der Waals surface area (Å²) in [6, 6.07) is 4.24. The Morgan fingerprint density at radius 1 is 1.29 bits per heavy atom. The molecule has 14 heavy (non-hydrogen) atoms. The van der Waals surface area contributed by atoms with Crippen molar-refractivity contribution in [3.8, 4) is 0 Å². The van der Waals surface area contributed by atoms with Crippen LogP contribution in [-0.2, 0) is 0 Å². The lowest BCUT2D eigenvalue weighted by Crippen LogP contribution is -2.18. The Morgan fingerprint density at radius 3 is 2.64 bits per heavy atom. The van der Waals surface area contributed by atoms with E-state index in [4.69, 9.17) is 0 Å². The highest BCUT2D eigenvalue weighted by Gasteiger charge is 2.12. The molecule has 2 rings (SSSR count). The molecule has 0 aliphatic carbocycles. The number of hydrogen-bond acceptors (Lipinski definition) is 2. The third-order valence-corrected chi connectivity index (χ3v) is 2.56. The highest BCUT2D eigenvalue weighted by atomic mass is 15.2. The maximum absolute atomic E-state index is 4.45. The summed E-state index contributed by atoms with van der Waals surface area (Å²) in [4.78, 5) is 6.80. The summed E-state index contributed by atoms with van der Waals surface area (Å²) in [5.41, 5.74) is 1.18. The van der Waals surface area contributed by atoms with Gasteiger partial charge in [-0.05, 0) is 37.5 Å². The van der Waals surface area contributed by atoms with Crippen molar-refractivity contribution >= 4 is 11.9 Å². The molecule has 2 heterocycles. The Hall–Kier alpha value is -1.31. The van der Waals surface area contributed by atoms with Crippen LogP contribution in [0.1, 0.15) is 25.3 Å². The van der Waals surface area contributed by atoms with Gasteiger partial charge < -0.3 is 4.90 Å². The maximum Gasteiger partial charge on any atom is 0.128 e. The minimum Gasteiger partial charge on any atom is -0.357 e. The van der Waals surface area contributed by atoms with E-state index in [9.17, 15) is 0 Å². The average Bonchev–Trinajstić information content (AvgIpc) is 2.72. The molecular weight excluding hydrogens is 172 g/mol. The van der Waals surface area contributed by atoms with Crippen molar-refractivity contribution in [2.75, 3.05) is 18.0 Å². The molecule has 0 atom stereocenters. The molecule has 1 aromatic heterocycles. The molecule has 74 valence electrons. The highest BCUT2D eigenvalue weighted by Crippen LogP contribution is 2.17. The van der Waals surface area contributed by atoms with Crippen LogP contribution < -0.4 is 4.90 Å². The molecule has 0 bridgehead atoms. The number of nitrogens with zero attached hydrogens (tertiary/aromatic N) is 2. The molecule has 0 N–H and O–H groups in total. The maximum atomic E-state index is 4.45. The van der Waals surface area contributed by atoms with Gasteiger partial charge in [0.2, 0.25) is 0 Å². The number of hydrogen-bond donors (Lipinski definition) is 0. The van der Waals surface area contributed by atoms with Gasteiger partial charge >= 0.3 is 0 Å². The summed E-state index contributed by atoms with van der Waals surface area (Å²) in [7, 11) is 0. The largest absolute Gasteiger partial charge is 0.357 e. The number of allylic oxidation sites excluding steroid dienone is 1. The molecule has 0 spiro atoms. The van der Waals surface area contributed by atoms with Gasteiger partial charge in [-0.1, -0.05) is 12.2 Å². The van der Waals surface area contributed by atoms with Crippen molar-refractivity contribution in [3.63, 3.8) is 0 Å². The monoisotopic (exact) mass is 188 g/mol. The van der Waals surface area contributed by atoms with E-state index in [0.717, 1.165) is 18.9 Å². The Balaban J connectivity index is 2.12. The number of aromatic nitrogens is 1. The summed E-state index contributed by atoms with van der Waals surface area (Å²) < 4.78 is 0. The van der Waals surface area contributed by atoms with Gasteiger partial charge in [0.05, 0.1) is 0 Å². The second kappa shape index (κ2) is 4.27. The summed E-state index contributed by atoms with van der Waals surface area (Å²) >= 11 is 0. The average molecular weight is 188 g/mol. The second-order valence-corrected chi connectivity index (χ2v) is 3.64. The molecule has 1 aliphatic rings. The van der Waals surface area contributed by atoms with Crippen LogP contribution in [0.15, 0.2) is 24.4 Å². The molecule has 0 amide bonds. The summed E-state index contributed by atoms with van der Waals surface area (Å²) in [5, 5.41) is 0. The van der Waals surface area contributed by atoms with Gasteiger partial charge in [-0.15, -0.1) is 0 Å². The molecule has 0 radical (unpaired) electrons. The lowest BCUT2D eigenvalue weighted by molar-refractivity contribution is 0.937. The zero-order valence-electron chi connectivity index (χ0n) is 8.61. The summed E-state index contributed by atoms with van der Waals surface area (Å²) in [6.07, 6.45) is 8.65. The molecule has 0 aromatic carbocycles. The van der Waals surface area contributed by atoms with Crippen LogP contribution >= 0.6 is 0 Å². The third kappa shape index (κ3) is 1.95. The van der Waals surface area contributed by atoms with Crippen LogP contribution in [0.4, 0.5) is 5.82 Å². The first-order chi connectivity index (χ1) is 6.90. The normalized spacial score (nSPS) is 16.8. The van der Waals surface area contributed by atoms with Crippen LogP contribution in [0.2, 0.25) is 0 Å². The smallest absolute Gasteiger partial charge is 0.128 e. The van der Waals surface area contributed by atoms with E-state index < -0.39 is 0 Å². The minimum absolute atomic E-state index is 1.12. The van der Waals surface area contributed by atoms with Gasteiger partial charge in [0, 0.05) is 19.3 Å². The molecule has 1 fully saturated rings. The number of rotatable bonds is 2. The Morgan fingerprint density at radius 2 is 2.07 bits per heavy atom. The second-order valence-electron chi connectivity index (χ2n) is 3.64. The SMILES string of the molecule is C/C=C/c1ccc(N2CCCC2)nc1. The Kier molecular flexibility index (Phi) is 2.82. The first-order valence-corrected chi connectivity index (χ1v) is 5.24. The molecular formula is C12H16N2. The number of anilines is 1. The van der Waals surface area contributed by atoms with E-state index in [1.165, 1.54) is 18.4 Å². The first kappa shape index (κ1) is 9.25. The molecule has 1 aromatic rings. The lowest BCUT2D eigenvalue weighted by atomic mass is 10.2. The summed E-state index contributed by atoms with van der Waals surface area (Å²) in [6.45, 7) is 4.35. The molecule has 0 saturated carbocycles. The minimum atomic E-state index is 1.12. The van der Waals surface area contributed by atoms with E-state index in [2.05, 4.69) is 28.1 Å². The predicted molar refractivity (Wildman–Crippen MR) is 60.4 cm³/mol. The molecule has 0 unspecified atom stereocenters. The van der Waals surface area contributed by atoms with E-state index in [-0.39, 0.29) is 0 Å². The van der Waals surface area contributed by atoms with Gasteiger partial charge in [-0.2, -0.15) is 0 Å². The van der Waals surface area contributed by atoms with E-state index in [0.29, 0.717) is 0 Å². The van der Waals surface area contributed by atoms with Crippen molar-refractivity contribution in [1.82, 2.24) is 4.98 Å². The van der Waals surface area contributed by atoms with Gasteiger partial charge in [0.1, 0.15) is 5.82 Å². The zero-order chi connectivity index (χ0) is 9.80. The van der Waals surface area contributed by atoms with Crippen LogP contribution in [0.3, 0.4) is 0 Å². The molecule has 2 heteroatoms. The fourth-order valence-corrected chi connectivity index (χ4v) is 1.82. The van der Waals surface area contributed by atoms with Gasteiger partial charge in [0.15, 0.2) is 0 Å². The molecule has 1 saturated heterocycles. The van der Waals surface area contributed by atoms with E-state index in [1.807, 2.05) is 19.2 Å². The third-order valence-electron chi connectivity index (χ3n) is 2.56. The first-order valence-electron chi connectivity index (χ1n) is 5.24. The van der Waals surface area contributed by atoms with Gasteiger partial charge in [-0.3, -0.25) is 0 Å². The molecule has 2 nitrogen and oxygen atoms in total. The Labute approximate surface area is 85.3 Å². The van der Waals surface area contributed by atoms with Crippen LogP contribution in [0.25, 0.3) is 6.08 Å². The van der Waals surface area contributed by atoms with Crippen molar-refractivity contribution in [3.05, 3.63) is 30.0 Å². The van der Waals surface area contributed by atoms with E-state index >= 15 is 0 Å². The summed E-state index contributed by atoms with van der Waals surface area (Å²) in [5.74, 6) is 1.12. The Bertz CT molecular complexity index is 308. The highest BCUT2D eigenvalue weighted by molar-refractivity contribution is 5.51. The van der Waals surface area contributed by atoms with Crippen molar-refractivity contribution in [1.29, 1.82) is 0 Å². The van der Waals surface area contributed by atoms with Crippen LogP contribution in [-0.4, -0.2) is 18.1 Å². The lowest BCUT2D eigenvalue weighted by Gasteiger charge is -2.15. The number of pyridine rings is 1. The van der Waals surface area contributed by atoms with E-state index in [1.54, 1.807) is 0 Å². The van der Waals surface area contributed by atoms with Crippen LogP contribution in [0, 0.1) is 0 Å². The topological polar surface area (TPSA) is 16.1 Å². The van der Waals surface area contributed by atoms with Crippen molar-refractivity contribution in [2.24, 2.45) is 0 Å². The van der Waals surface area contributed by atoms with Gasteiger partial charge in [0.25, 0.3) is 0 Å².